The van der Waals surface area contributed by atoms with Crippen molar-refractivity contribution in [1.29, 1.82) is 0 Å². The normalized spacial score (nSPS) is 14.8. The molecule has 0 aliphatic carbocycles. The third kappa shape index (κ3) is 4.15. The number of likely N-dealkylation sites (tertiary alicyclic amines) is 1. The maximum absolute atomic E-state index is 9.71. The van der Waals surface area contributed by atoms with E-state index in [2.05, 4.69) is 50.5 Å². The predicted molar refractivity (Wildman–Crippen MR) is 123 cm³/mol. The Morgan fingerprint density at radius 1 is 0.967 bits per heavy atom. The van der Waals surface area contributed by atoms with Crippen LogP contribution in [0.25, 0.3) is 20.7 Å². The minimum Gasteiger partial charge on any atom is -0.508 e. The minimum absolute atomic E-state index is 0.224. The standard InChI is InChI=1S/C24H24N4OS/c29-20-6-4-5-19(13-20)27-24-23-21(25-16-26-24)14-22(30-23)18-9-7-17(8-10-18)15-28-11-2-1-3-12-28/h4-10,13-14,16,29H,1-3,11-12,15H2,(H,25,26,27). The van der Waals surface area contributed by atoms with Crippen molar-refractivity contribution >= 4 is 33.1 Å². The molecule has 0 saturated carbocycles. The van der Waals surface area contributed by atoms with Gasteiger partial charge in [-0.3, -0.25) is 4.90 Å². The highest BCUT2D eigenvalue weighted by molar-refractivity contribution is 7.22. The molecule has 1 fully saturated rings. The summed E-state index contributed by atoms with van der Waals surface area (Å²) in [5.74, 6) is 0.977. The van der Waals surface area contributed by atoms with E-state index < -0.39 is 0 Å². The summed E-state index contributed by atoms with van der Waals surface area (Å²) in [4.78, 5) is 12.6. The Morgan fingerprint density at radius 3 is 2.60 bits per heavy atom. The van der Waals surface area contributed by atoms with E-state index in [1.165, 1.54) is 48.4 Å². The van der Waals surface area contributed by atoms with Crippen molar-refractivity contribution in [1.82, 2.24) is 14.9 Å². The van der Waals surface area contributed by atoms with Crippen LogP contribution < -0.4 is 5.32 Å². The molecule has 0 amide bonds. The van der Waals surface area contributed by atoms with E-state index in [-0.39, 0.29) is 5.75 Å². The molecule has 2 aromatic carbocycles. The lowest BCUT2D eigenvalue weighted by atomic mass is 10.1. The third-order valence-corrected chi connectivity index (χ3v) is 6.69. The molecule has 5 rings (SSSR count). The molecule has 2 N–H and O–H groups in total. The van der Waals surface area contributed by atoms with Crippen LogP contribution in [0.15, 0.2) is 60.9 Å². The van der Waals surface area contributed by atoms with Crippen molar-refractivity contribution in [2.24, 2.45) is 0 Å². The van der Waals surface area contributed by atoms with Gasteiger partial charge in [-0.05, 0) is 55.3 Å². The van der Waals surface area contributed by atoms with Crippen LogP contribution in [-0.4, -0.2) is 33.1 Å². The van der Waals surface area contributed by atoms with E-state index in [0.717, 1.165) is 28.3 Å². The molecule has 1 saturated heterocycles. The Kier molecular flexibility index (Phi) is 5.34. The van der Waals surface area contributed by atoms with E-state index >= 15 is 0 Å². The zero-order valence-electron chi connectivity index (χ0n) is 16.7. The summed E-state index contributed by atoms with van der Waals surface area (Å²) in [6.45, 7) is 3.47. The maximum Gasteiger partial charge on any atom is 0.151 e. The van der Waals surface area contributed by atoms with Crippen molar-refractivity contribution in [3.05, 3.63) is 66.5 Å². The van der Waals surface area contributed by atoms with Gasteiger partial charge in [-0.15, -0.1) is 11.3 Å². The summed E-state index contributed by atoms with van der Waals surface area (Å²) in [6, 6.07) is 18.1. The average Bonchev–Trinajstić information content (AvgIpc) is 3.21. The Bertz CT molecular complexity index is 1150. The van der Waals surface area contributed by atoms with Gasteiger partial charge >= 0.3 is 0 Å². The molecule has 0 unspecified atom stereocenters. The summed E-state index contributed by atoms with van der Waals surface area (Å²) < 4.78 is 1.01. The van der Waals surface area contributed by atoms with Crippen molar-refractivity contribution in [2.45, 2.75) is 25.8 Å². The number of benzene rings is 2. The predicted octanol–water partition coefficient (Wildman–Crippen LogP) is 5.79. The van der Waals surface area contributed by atoms with Gasteiger partial charge < -0.3 is 10.4 Å². The molecule has 3 heterocycles. The van der Waals surface area contributed by atoms with Crippen LogP contribution in [0.3, 0.4) is 0 Å². The van der Waals surface area contributed by atoms with Gasteiger partial charge in [-0.1, -0.05) is 36.8 Å². The molecular formula is C24H24N4OS. The van der Waals surface area contributed by atoms with Gasteiger partial charge in [0.05, 0.1) is 10.2 Å². The van der Waals surface area contributed by atoms with Gasteiger partial charge in [-0.25, -0.2) is 9.97 Å². The fourth-order valence-corrected chi connectivity index (χ4v) is 5.02. The Balaban J connectivity index is 1.38. The van der Waals surface area contributed by atoms with E-state index in [4.69, 9.17) is 0 Å². The molecule has 4 aromatic rings. The number of hydrogen-bond acceptors (Lipinski definition) is 6. The fourth-order valence-electron chi connectivity index (χ4n) is 3.96. The first-order chi connectivity index (χ1) is 14.7. The number of phenols is 1. The number of nitrogens with one attached hydrogen (secondary N) is 1. The van der Waals surface area contributed by atoms with E-state index in [1.807, 2.05) is 6.07 Å². The van der Waals surface area contributed by atoms with Crippen LogP contribution in [0.4, 0.5) is 11.5 Å². The number of fused-ring (bicyclic) bond motifs is 1. The number of nitrogens with zero attached hydrogens (tertiary/aromatic N) is 3. The van der Waals surface area contributed by atoms with Gasteiger partial charge in [0.25, 0.3) is 0 Å². The molecule has 0 radical (unpaired) electrons. The molecule has 0 atom stereocenters. The number of rotatable bonds is 5. The van der Waals surface area contributed by atoms with E-state index in [9.17, 15) is 5.11 Å². The quantitative estimate of drug-likeness (QED) is 0.431. The van der Waals surface area contributed by atoms with Crippen LogP contribution in [0.1, 0.15) is 24.8 Å². The lowest BCUT2D eigenvalue weighted by molar-refractivity contribution is 0.221. The molecule has 152 valence electrons. The second-order valence-electron chi connectivity index (χ2n) is 7.76. The zero-order valence-corrected chi connectivity index (χ0v) is 17.5. The molecule has 2 aromatic heterocycles. The highest BCUT2D eigenvalue weighted by Crippen LogP contribution is 2.36. The Morgan fingerprint density at radius 2 is 1.80 bits per heavy atom. The van der Waals surface area contributed by atoms with Crippen molar-refractivity contribution < 1.29 is 5.11 Å². The van der Waals surface area contributed by atoms with Gasteiger partial charge in [0, 0.05) is 23.2 Å². The molecule has 1 aliphatic rings. The Hall–Kier alpha value is -2.96. The lowest BCUT2D eigenvalue weighted by Gasteiger charge is -2.26. The maximum atomic E-state index is 9.71. The fraction of sp³-hybridized carbons (Fsp3) is 0.250. The number of aromatic nitrogens is 2. The summed E-state index contributed by atoms with van der Waals surface area (Å²) in [5, 5.41) is 13.0. The lowest BCUT2D eigenvalue weighted by Crippen LogP contribution is -2.28. The SMILES string of the molecule is Oc1cccc(Nc2ncnc3cc(-c4ccc(CN5CCCCC5)cc4)sc23)c1. The number of phenolic OH excluding ortho intramolecular Hbond substituents is 1. The zero-order chi connectivity index (χ0) is 20.3. The van der Waals surface area contributed by atoms with Crippen molar-refractivity contribution in [2.75, 3.05) is 18.4 Å². The minimum atomic E-state index is 0.224. The largest absolute Gasteiger partial charge is 0.508 e. The smallest absolute Gasteiger partial charge is 0.151 e. The molecule has 6 heteroatoms. The van der Waals surface area contributed by atoms with Gasteiger partial charge in [0.1, 0.15) is 12.1 Å². The first kappa shape index (κ1) is 19.0. The average molecular weight is 417 g/mol. The van der Waals surface area contributed by atoms with Crippen LogP contribution in [0.2, 0.25) is 0 Å². The van der Waals surface area contributed by atoms with Gasteiger partial charge in [0.2, 0.25) is 0 Å². The second kappa shape index (κ2) is 8.42. The molecule has 30 heavy (non-hydrogen) atoms. The number of hydrogen-bond donors (Lipinski definition) is 2. The number of piperidine rings is 1. The second-order valence-corrected chi connectivity index (χ2v) is 8.81. The van der Waals surface area contributed by atoms with Crippen molar-refractivity contribution in [3.8, 4) is 16.2 Å². The number of aromatic hydroxyl groups is 1. The molecule has 0 spiro atoms. The molecular weight excluding hydrogens is 392 g/mol. The molecule has 1 aliphatic heterocycles. The van der Waals surface area contributed by atoms with Crippen LogP contribution in [-0.2, 0) is 6.54 Å². The third-order valence-electron chi connectivity index (χ3n) is 5.51. The monoisotopic (exact) mass is 416 g/mol. The molecule has 5 nitrogen and oxygen atoms in total. The van der Waals surface area contributed by atoms with Crippen LogP contribution in [0.5, 0.6) is 5.75 Å². The van der Waals surface area contributed by atoms with Crippen LogP contribution >= 0.6 is 11.3 Å². The summed E-state index contributed by atoms with van der Waals surface area (Å²) in [6.07, 6.45) is 5.58. The summed E-state index contributed by atoms with van der Waals surface area (Å²) >= 11 is 1.68. The first-order valence-electron chi connectivity index (χ1n) is 10.4. The van der Waals surface area contributed by atoms with Crippen LogP contribution in [0, 0.1) is 0 Å². The number of anilines is 2. The first-order valence-corrected chi connectivity index (χ1v) is 11.2. The van der Waals surface area contributed by atoms with Gasteiger partial charge in [0.15, 0.2) is 5.82 Å². The van der Waals surface area contributed by atoms with Gasteiger partial charge in [-0.2, -0.15) is 0 Å². The molecule has 0 bridgehead atoms. The number of thiophene rings is 1. The summed E-state index contributed by atoms with van der Waals surface area (Å²) in [7, 11) is 0. The van der Waals surface area contributed by atoms with Crippen molar-refractivity contribution in [3.63, 3.8) is 0 Å². The van der Waals surface area contributed by atoms with E-state index in [0.29, 0.717) is 0 Å². The summed E-state index contributed by atoms with van der Waals surface area (Å²) in [5.41, 5.74) is 4.29. The Labute approximate surface area is 180 Å². The highest BCUT2D eigenvalue weighted by Gasteiger charge is 2.13. The topological polar surface area (TPSA) is 61.3 Å². The van der Waals surface area contributed by atoms with E-state index in [1.54, 1.807) is 35.9 Å². The highest BCUT2D eigenvalue weighted by atomic mass is 32.1.